The van der Waals surface area contributed by atoms with Crippen molar-refractivity contribution in [3.8, 4) is 17.2 Å². The molecule has 1 amide bonds. The summed E-state index contributed by atoms with van der Waals surface area (Å²) >= 11 is 0. The first-order valence-corrected chi connectivity index (χ1v) is 10.4. The van der Waals surface area contributed by atoms with Crippen molar-refractivity contribution in [2.24, 2.45) is 0 Å². The number of carbonyl (C=O) groups is 1. The van der Waals surface area contributed by atoms with Gasteiger partial charge in [-0.25, -0.2) is 14.1 Å². The van der Waals surface area contributed by atoms with Gasteiger partial charge >= 0.3 is 0 Å². The van der Waals surface area contributed by atoms with Gasteiger partial charge in [0.15, 0.2) is 17.1 Å². The Morgan fingerprint density at radius 3 is 2.70 bits per heavy atom. The predicted octanol–water partition coefficient (Wildman–Crippen LogP) is 2.37. The number of ether oxygens (including phenoxy) is 2. The zero-order valence-electron chi connectivity index (χ0n) is 17.7. The number of fused-ring (bicyclic) bond motifs is 2. The van der Waals surface area contributed by atoms with Crippen molar-refractivity contribution in [3.05, 3.63) is 76.7 Å². The smallest absolute Gasteiger partial charge is 0.264 e. The van der Waals surface area contributed by atoms with E-state index in [1.165, 1.54) is 33.9 Å². The molecule has 4 aromatic rings. The highest BCUT2D eigenvalue weighted by molar-refractivity contribution is 5.78. The van der Waals surface area contributed by atoms with Gasteiger partial charge < -0.3 is 14.8 Å². The van der Waals surface area contributed by atoms with Crippen LogP contribution in [-0.4, -0.2) is 38.5 Å². The minimum atomic E-state index is -0.393. The molecule has 168 valence electrons. The van der Waals surface area contributed by atoms with E-state index in [0.29, 0.717) is 36.0 Å². The van der Waals surface area contributed by atoms with Gasteiger partial charge in [0.05, 0.1) is 17.9 Å². The molecule has 5 rings (SSSR count). The van der Waals surface area contributed by atoms with Crippen molar-refractivity contribution in [3.63, 3.8) is 0 Å². The van der Waals surface area contributed by atoms with Crippen LogP contribution in [0, 0.1) is 5.82 Å². The molecule has 2 aromatic carbocycles. The molecule has 1 aliphatic heterocycles. The summed E-state index contributed by atoms with van der Waals surface area (Å²) in [5.41, 5.74) is 1.36. The quantitative estimate of drug-likeness (QED) is 0.502. The molecule has 0 aliphatic carbocycles. The van der Waals surface area contributed by atoms with Crippen molar-refractivity contribution in [2.45, 2.75) is 19.5 Å². The monoisotopic (exact) mass is 449 g/mol. The Labute approximate surface area is 187 Å². The lowest BCUT2D eigenvalue weighted by atomic mass is 10.1. The second kappa shape index (κ2) is 8.38. The van der Waals surface area contributed by atoms with Gasteiger partial charge in [-0.3, -0.25) is 14.2 Å². The highest BCUT2D eigenvalue weighted by Crippen LogP contribution is 2.32. The molecule has 0 saturated heterocycles. The van der Waals surface area contributed by atoms with E-state index in [0.717, 1.165) is 5.56 Å². The SMILES string of the molecule is C[C@@H](NC(=O)Cn1cnc2c(cnn2-c2ccc(F)cc2)c1=O)c1ccc2c(c1)OCCO2. The summed E-state index contributed by atoms with van der Waals surface area (Å²) in [4.78, 5) is 29.8. The van der Waals surface area contributed by atoms with E-state index in [4.69, 9.17) is 9.47 Å². The lowest BCUT2D eigenvalue weighted by molar-refractivity contribution is -0.122. The fourth-order valence-electron chi connectivity index (χ4n) is 3.69. The van der Waals surface area contributed by atoms with E-state index < -0.39 is 5.56 Å². The molecule has 1 atom stereocenters. The fourth-order valence-corrected chi connectivity index (χ4v) is 3.69. The molecule has 10 heteroatoms. The maximum absolute atomic E-state index is 13.2. The van der Waals surface area contributed by atoms with Gasteiger partial charge in [0.25, 0.3) is 5.56 Å². The number of hydrogen-bond donors (Lipinski definition) is 1. The van der Waals surface area contributed by atoms with Crippen LogP contribution in [0.2, 0.25) is 0 Å². The number of nitrogens with zero attached hydrogens (tertiary/aromatic N) is 4. The predicted molar refractivity (Wildman–Crippen MR) is 117 cm³/mol. The van der Waals surface area contributed by atoms with Crippen LogP contribution in [0.15, 0.2) is 59.8 Å². The topological polar surface area (TPSA) is 100 Å². The molecule has 9 nitrogen and oxygen atoms in total. The van der Waals surface area contributed by atoms with Gasteiger partial charge in [0.1, 0.15) is 37.3 Å². The van der Waals surface area contributed by atoms with Gasteiger partial charge in [0.2, 0.25) is 5.91 Å². The number of benzene rings is 2. The molecule has 0 spiro atoms. The van der Waals surface area contributed by atoms with Crippen LogP contribution in [0.1, 0.15) is 18.5 Å². The molecule has 0 unspecified atom stereocenters. The van der Waals surface area contributed by atoms with Gasteiger partial charge in [-0.05, 0) is 48.9 Å². The van der Waals surface area contributed by atoms with E-state index in [1.807, 2.05) is 25.1 Å². The first-order chi connectivity index (χ1) is 16.0. The number of halogens is 1. The highest BCUT2D eigenvalue weighted by Gasteiger charge is 2.17. The summed E-state index contributed by atoms with van der Waals surface area (Å²) in [5, 5.41) is 7.34. The summed E-state index contributed by atoms with van der Waals surface area (Å²) in [5.74, 6) is 0.605. The van der Waals surface area contributed by atoms with Crippen molar-refractivity contribution < 1.29 is 18.7 Å². The van der Waals surface area contributed by atoms with Crippen LogP contribution in [0.5, 0.6) is 11.5 Å². The van der Waals surface area contributed by atoms with E-state index in [9.17, 15) is 14.0 Å². The van der Waals surface area contributed by atoms with E-state index >= 15 is 0 Å². The fraction of sp³-hybridized carbons (Fsp3) is 0.217. The molecule has 33 heavy (non-hydrogen) atoms. The average molecular weight is 449 g/mol. The van der Waals surface area contributed by atoms with Gasteiger partial charge in [-0.1, -0.05) is 6.07 Å². The number of aromatic nitrogens is 4. The van der Waals surface area contributed by atoms with Gasteiger partial charge in [0, 0.05) is 0 Å². The van der Waals surface area contributed by atoms with Crippen LogP contribution in [0.4, 0.5) is 4.39 Å². The molecular weight excluding hydrogens is 429 g/mol. The summed E-state index contributed by atoms with van der Waals surface area (Å²) < 4.78 is 27.0. The Hall–Kier alpha value is -4.21. The number of carbonyl (C=O) groups excluding carboxylic acids is 1. The molecule has 0 fully saturated rings. The second-order valence-corrected chi connectivity index (χ2v) is 7.64. The maximum Gasteiger partial charge on any atom is 0.264 e. The van der Waals surface area contributed by atoms with Gasteiger partial charge in [-0.15, -0.1) is 0 Å². The standard InChI is InChI=1S/C23H20FN5O4/c1-14(15-2-7-19-20(10-15)33-9-8-32-19)27-21(30)12-28-13-25-22-18(23(28)31)11-26-29(22)17-5-3-16(24)4-6-17/h2-7,10-11,13-14H,8-9,12H2,1H3,(H,27,30)/t14-/m1/s1. The first-order valence-electron chi connectivity index (χ1n) is 10.4. The number of amides is 1. The molecule has 1 aliphatic rings. The lowest BCUT2D eigenvalue weighted by Crippen LogP contribution is -2.34. The summed E-state index contributed by atoms with van der Waals surface area (Å²) in [7, 11) is 0. The first kappa shape index (κ1) is 20.7. The zero-order valence-corrected chi connectivity index (χ0v) is 17.7. The molecule has 2 aromatic heterocycles. The third-order valence-corrected chi connectivity index (χ3v) is 5.38. The van der Waals surface area contributed by atoms with Crippen molar-refractivity contribution in [2.75, 3.05) is 13.2 Å². The molecule has 0 saturated carbocycles. The lowest BCUT2D eigenvalue weighted by Gasteiger charge is -2.21. The van der Waals surface area contributed by atoms with Crippen molar-refractivity contribution in [1.82, 2.24) is 24.6 Å². The van der Waals surface area contributed by atoms with Crippen LogP contribution >= 0.6 is 0 Å². The van der Waals surface area contributed by atoms with Crippen molar-refractivity contribution in [1.29, 1.82) is 0 Å². The molecule has 0 bridgehead atoms. The summed E-state index contributed by atoms with van der Waals surface area (Å²) in [6, 6.07) is 10.9. The Morgan fingerprint density at radius 1 is 1.15 bits per heavy atom. The summed E-state index contributed by atoms with van der Waals surface area (Å²) in [6.45, 7) is 2.64. The number of nitrogens with one attached hydrogen (secondary N) is 1. The van der Waals surface area contributed by atoms with Crippen LogP contribution in [-0.2, 0) is 11.3 Å². The molecule has 0 radical (unpaired) electrons. The minimum absolute atomic E-state index is 0.196. The minimum Gasteiger partial charge on any atom is -0.486 e. The Kier molecular flexibility index (Phi) is 5.25. The highest BCUT2D eigenvalue weighted by atomic mass is 19.1. The van der Waals surface area contributed by atoms with E-state index in [1.54, 1.807) is 12.1 Å². The van der Waals surface area contributed by atoms with Crippen LogP contribution in [0.3, 0.4) is 0 Å². The van der Waals surface area contributed by atoms with Crippen LogP contribution < -0.4 is 20.3 Å². The van der Waals surface area contributed by atoms with E-state index in [2.05, 4.69) is 15.4 Å². The third kappa shape index (κ3) is 4.02. The van der Waals surface area contributed by atoms with Gasteiger partial charge in [-0.2, -0.15) is 5.10 Å². The van der Waals surface area contributed by atoms with E-state index in [-0.39, 0.29) is 29.7 Å². The third-order valence-electron chi connectivity index (χ3n) is 5.38. The normalized spacial score (nSPS) is 13.6. The number of hydrogen-bond acceptors (Lipinski definition) is 6. The summed E-state index contributed by atoms with van der Waals surface area (Å²) in [6.07, 6.45) is 2.70. The Balaban J connectivity index is 1.32. The van der Waals surface area contributed by atoms with Crippen LogP contribution in [0.25, 0.3) is 16.7 Å². The maximum atomic E-state index is 13.2. The average Bonchev–Trinajstić information content (AvgIpc) is 3.26. The second-order valence-electron chi connectivity index (χ2n) is 7.64. The Morgan fingerprint density at radius 2 is 1.91 bits per heavy atom. The Bertz CT molecular complexity index is 1400. The largest absolute Gasteiger partial charge is 0.486 e. The molecule has 1 N–H and O–H groups in total. The number of rotatable bonds is 5. The molecule has 3 heterocycles. The molecular formula is C23H20FN5O4. The zero-order chi connectivity index (χ0) is 22.9. The van der Waals surface area contributed by atoms with Crippen molar-refractivity contribution >= 4 is 16.9 Å².